The van der Waals surface area contributed by atoms with Crippen molar-refractivity contribution in [1.29, 1.82) is 5.26 Å². The molecule has 3 nitrogen and oxygen atoms in total. The van der Waals surface area contributed by atoms with E-state index in [9.17, 15) is 10.1 Å². The number of halogens is 2. The third kappa shape index (κ3) is 3.36. The first-order valence-electron chi connectivity index (χ1n) is 6.09. The van der Waals surface area contributed by atoms with E-state index in [2.05, 4.69) is 0 Å². The van der Waals surface area contributed by atoms with Gasteiger partial charge in [0.15, 0.2) is 5.78 Å². The molecule has 0 aromatic heterocycles. The Morgan fingerprint density at radius 1 is 1.14 bits per heavy atom. The first kappa shape index (κ1) is 15.4. The van der Waals surface area contributed by atoms with Crippen molar-refractivity contribution in [2.75, 3.05) is 7.11 Å². The molecule has 2 aromatic carbocycles. The van der Waals surface area contributed by atoms with Crippen molar-refractivity contribution >= 4 is 29.0 Å². The fourth-order valence-electron chi connectivity index (χ4n) is 1.98. The Morgan fingerprint density at radius 3 is 2.33 bits per heavy atom. The van der Waals surface area contributed by atoms with E-state index in [-0.39, 0.29) is 5.78 Å². The third-order valence-electron chi connectivity index (χ3n) is 3.02. The summed E-state index contributed by atoms with van der Waals surface area (Å²) in [6, 6.07) is 13.3. The van der Waals surface area contributed by atoms with Crippen LogP contribution < -0.4 is 4.74 Å². The van der Waals surface area contributed by atoms with E-state index in [1.807, 2.05) is 6.07 Å². The average Bonchev–Trinajstić information content (AvgIpc) is 2.49. The van der Waals surface area contributed by atoms with Gasteiger partial charge in [0.2, 0.25) is 0 Å². The summed E-state index contributed by atoms with van der Waals surface area (Å²) in [7, 11) is 1.48. The summed E-state index contributed by atoms with van der Waals surface area (Å²) in [6.07, 6.45) is 0. The molecule has 0 saturated heterocycles. The number of nitrogens with zero attached hydrogens (tertiary/aromatic N) is 1. The highest BCUT2D eigenvalue weighted by atomic mass is 35.5. The molecule has 0 spiro atoms. The van der Waals surface area contributed by atoms with Crippen LogP contribution in [-0.2, 0) is 0 Å². The number of carbonyl (C=O) groups is 1. The molecule has 0 fully saturated rings. The van der Waals surface area contributed by atoms with Gasteiger partial charge in [-0.1, -0.05) is 23.2 Å². The van der Waals surface area contributed by atoms with Crippen molar-refractivity contribution in [1.82, 2.24) is 0 Å². The second-order valence-corrected chi connectivity index (χ2v) is 5.19. The lowest BCUT2D eigenvalue weighted by molar-refractivity contribution is 0.0978. The molecule has 2 aromatic rings. The fraction of sp³-hybridized carbons (Fsp3) is 0.125. The van der Waals surface area contributed by atoms with Crippen LogP contribution in [0.3, 0.4) is 0 Å². The number of carbonyl (C=O) groups excluding carboxylic acids is 1. The minimum atomic E-state index is -0.986. The second-order valence-electron chi connectivity index (χ2n) is 4.32. The zero-order chi connectivity index (χ0) is 15.4. The number of Topliss-reactive ketones (excluding diaryl/α,β-unsaturated/α-hetero) is 1. The zero-order valence-electron chi connectivity index (χ0n) is 11.1. The lowest BCUT2D eigenvalue weighted by Crippen LogP contribution is -2.12. The topological polar surface area (TPSA) is 50.1 Å². The van der Waals surface area contributed by atoms with Gasteiger partial charge in [-0.25, -0.2) is 0 Å². The van der Waals surface area contributed by atoms with Crippen LogP contribution >= 0.6 is 23.2 Å². The number of hydrogen-bond acceptors (Lipinski definition) is 3. The number of ether oxygens (including phenoxy) is 1. The summed E-state index contributed by atoms with van der Waals surface area (Å²) in [5, 5.41) is 10.3. The molecule has 0 amide bonds. The normalized spacial score (nSPS) is 11.5. The van der Waals surface area contributed by atoms with Gasteiger partial charge < -0.3 is 4.74 Å². The lowest BCUT2D eigenvalue weighted by Gasteiger charge is -2.13. The van der Waals surface area contributed by atoms with Gasteiger partial charge in [0, 0.05) is 21.2 Å². The molecular formula is C16H11Cl2NO2. The molecule has 2 rings (SSSR count). The van der Waals surface area contributed by atoms with Crippen molar-refractivity contribution < 1.29 is 9.53 Å². The minimum Gasteiger partial charge on any atom is -0.496 e. The Balaban J connectivity index is 2.45. The largest absolute Gasteiger partial charge is 0.496 e. The number of benzene rings is 2. The number of methoxy groups -OCH3 is 1. The Hall–Kier alpha value is -2.02. The third-order valence-corrected chi connectivity index (χ3v) is 3.51. The van der Waals surface area contributed by atoms with E-state index in [0.717, 1.165) is 0 Å². The highest BCUT2D eigenvalue weighted by Gasteiger charge is 2.25. The van der Waals surface area contributed by atoms with Crippen LogP contribution in [0.5, 0.6) is 5.75 Å². The lowest BCUT2D eigenvalue weighted by atomic mass is 9.91. The quantitative estimate of drug-likeness (QED) is 0.780. The molecule has 0 radical (unpaired) electrons. The minimum absolute atomic E-state index is 0.324. The maximum absolute atomic E-state index is 12.5. The van der Waals surface area contributed by atoms with E-state index in [1.165, 1.54) is 7.11 Å². The van der Waals surface area contributed by atoms with E-state index >= 15 is 0 Å². The van der Waals surface area contributed by atoms with Gasteiger partial charge in [-0.15, -0.1) is 0 Å². The molecule has 0 heterocycles. The SMILES string of the molecule is COc1ccc(Cl)cc1C(C#N)C(=O)c1ccc(Cl)cc1. The predicted molar refractivity (Wildman–Crippen MR) is 82.1 cm³/mol. The number of ketones is 1. The van der Waals surface area contributed by atoms with Crippen molar-refractivity contribution in [3.63, 3.8) is 0 Å². The van der Waals surface area contributed by atoms with E-state index in [0.29, 0.717) is 26.9 Å². The monoisotopic (exact) mass is 319 g/mol. The maximum Gasteiger partial charge on any atom is 0.184 e. The van der Waals surface area contributed by atoms with Crippen LogP contribution in [0.15, 0.2) is 42.5 Å². The van der Waals surface area contributed by atoms with Gasteiger partial charge >= 0.3 is 0 Å². The standard InChI is InChI=1S/C16H11Cl2NO2/c1-21-15-7-6-12(18)8-13(15)14(9-19)16(20)10-2-4-11(17)5-3-10/h2-8,14H,1H3. The van der Waals surface area contributed by atoms with Gasteiger partial charge in [-0.05, 0) is 42.5 Å². The summed E-state index contributed by atoms with van der Waals surface area (Å²) >= 11 is 11.8. The van der Waals surface area contributed by atoms with E-state index < -0.39 is 5.92 Å². The van der Waals surface area contributed by atoms with Crippen molar-refractivity contribution in [3.8, 4) is 11.8 Å². The van der Waals surface area contributed by atoms with Gasteiger partial charge in [0.25, 0.3) is 0 Å². The summed E-state index contributed by atoms with van der Waals surface area (Å²) in [4.78, 5) is 12.5. The molecule has 0 aliphatic rings. The Labute approximate surface area is 132 Å². The molecule has 0 bridgehead atoms. The van der Waals surface area contributed by atoms with Gasteiger partial charge in [-0.2, -0.15) is 5.26 Å². The van der Waals surface area contributed by atoms with Gasteiger partial charge in [-0.3, -0.25) is 4.79 Å². The van der Waals surface area contributed by atoms with Crippen LogP contribution in [-0.4, -0.2) is 12.9 Å². The first-order valence-corrected chi connectivity index (χ1v) is 6.85. The summed E-state index contributed by atoms with van der Waals surface area (Å²) in [5.74, 6) is -0.858. The van der Waals surface area contributed by atoms with Gasteiger partial charge in [0.1, 0.15) is 11.7 Å². The van der Waals surface area contributed by atoms with Crippen molar-refractivity contribution in [2.45, 2.75) is 5.92 Å². The highest BCUT2D eigenvalue weighted by Crippen LogP contribution is 2.31. The summed E-state index contributed by atoms with van der Waals surface area (Å²) in [5.41, 5.74) is 0.862. The molecule has 0 N–H and O–H groups in total. The van der Waals surface area contributed by atoms with Crippen LogP contribution in [0.1, 0.15) is 21.8 Å². The van der Waals surface area contributed by atoms with E-state index in [1.54, 1.807) is 42.5 Å². The Bertz CT molecular complexity index is 705. The first-order chi connectivity index (χ1) is 10.1. The number of hydrogen-bond donors (Lipinski definition) is 0. The Kier molecular flexibility index (Phi) is 4.85. The average molecular weight is 320 g/mol. The summed E-state index contributed by atoms with van der Waals surface area (Å²) in [6.45, 7) is 0. The van der Waals surface area contributed by atoms with Crippen LogP contribution in [0, 0.1) is 11.3 Å². The van der Waals surface area contributed by atoms with Crippen molar-refractivity contribution in [2.24, 2.45) is 0 Å². The second kappa shape index (κ2) is 6.62. The molecule has 0 saturated carbocycles. The van der Waals surface area contributed by atoms with Crippen LogP contribution in [0.2, 0.25) is 10.0 Å². The molecule has 21 heavy (non-hydrogen) atoms. The van der Waals surface area contributed by atoms with Crippen LogP contribution in [0.4, 0.5) is 0 Å². The molecule has 0 aliphatic carbocycles. The molecule has 1 atom stereocenters. The number of nitriles is 1. The molecule has 5 heteroatoms. The van der Waals surface area contributed by atoms with Gasteiger partial charge in [0.05, 0.1) is 13.2 Å². The van der Waals surface area contributed by atoms with E-state index in [4.69, 9.17) is 27.9 Å². The van der Waals surface area contributed by atoms with Crippen molar-refractivity contribution in [3.05, 3.63) is 63.6 Å². The Morgan fingerprint density at radius 2 is 1.76 bits per heavy atom. The molecule has 106 valence electrons. The molecule has 1 unspecified atom stereocenters. The number of rotatable bonds is 4. The molecular weight excluding hydrogens is 309 g/mol. The zero-order valence-corrected chi connectivity index (χ0v) is 12.7. The highest BCUT2D eigenvalue weighted by molar-refractivity contribution is 6.31. The molecule has 0 aliphatic heterocycles. The van der Waals surface area contributed by atoms with Crippen LogP contribution in [0.25, 0.3) is 0 Å². The summed E-state index contributed by atoms with van der Waals surface area (Å²) < 4.78 is 5.21. The predicted octanol–water partition coefficient (Wildman–Crippen LogP) is 4.49. The maximum atomic E-state index is 12.5. The smallest absolute Gasteiger partial charge is 0.184 e. The fourth-order valence-corrected chi connectivity index (χ4v) is 2.29.